The van der Waals surface area contributed by atoms with Gasteiger partial charge in [-0.25, -0.2) is 4.79 Å². The molecule has 1 aliphatic heterocycles. The van der Waals surface area contributed by atoms with Crippen LogP contribution in [0.1, 0.15) is 39.2 Å². The maximum Gasteiger partial charge on any atom is 0.332 e. The molecule has 1 aromatic carbocycles. The summed E-state index contributed by atoms with van der Waals surface area (Å²) >= 11 is 0. The molecule has 1 heterocycles. The van der Waals surface area contributed by atoms with Crippen molar-refractivity contribution in [1.29, 1.82) is 0 Å². The van der Waals surface area contributed by atoms with Crippen LogP contribution in [0.3, 0.4) is 0 Å². The highest BCUT2D eigenvalue weighted by atomic mass is 16.5. The van der Waals surface area contributed by atoms with E-state index in [4.69, 9.17) is 9.84 Å². The van der Waals surface area contributed by atoms with Crippen LogP contribution in [0.4, 0.5) is 5.69 Å². The molecule has 0 spiro atoms. The van der Waals surface area contributed by atoms with Gasteiger partial charge in [-0.15, -0.1) is 0 Å². The van der Waals surface area contributed by atoms with E-state index in [0.29, 0.717) is 18.5 Å². The van der Waals surface area contributed by atoms with Crippen LogP contribution in [-0.4, -0.2) is 29.2 Å². The van der Waals surface area contributed by atoms with E-state index in [2.05, 4.69) is 26.1 Å². The van der Waals surface area contributed by atoms with Crippen molar-refractivity contribution in [3.63, 3.8) is 0 Å². The number of benzene rings is 1. The molecular formula is C16H21NO4. The van der Waals surface area contributed by atoms with E-state index in [1.807, 2.05) is 24.3 Å². The Balaban J connectivity index is 1.96. The SMILES string of the molecule is CC(C)(C)c1ccc(NC(=O)[C@@H]2CC[C@H](C(=O)O)O2)cc1. The molecule has 1 fully saturated rings. The van der Waals surface area contributed by atoms with Gasteiger partial charge in [0, 0.05) is 5.69 Å². The van der Waals surface area contributed by atoms with E-state index in [-0.39, 0.29) is 11.3 Å². The van der Waals surface area contributed by atoms with Gasteiger partial charge in [-0.2, -0.15) is 0 Å². The smallest absolute Gasteiger partial charge is 0.332 e. The Hall–Kier alpha value is -1.88. The Morgan fingerprint density at radius 1 is 1.14 bits per heavy atom. The highest BCUT2D eigenvalue weighted by molar-refractivity contribution is 5.94. The Bertz CT molecular complexity index is 530. The summed E-state index contributed by atoms with van der Waals surface area (Å²) in [6.07, 6.45) is -0.753. The molecule has 1 saturated heterocycles. The zero-order chi connectivity index (χ0) is 15.6. The summed E-state index contributed by atoms with van der Waals surface area (Å²) < 4.78 is 5.22. The first-order valence-electron chi connectivity index (χ1n) is 7.07. The number of carboxylic acids is 1. The van der Waals surface area contributed by atoms with Gasteiger partial charge in [0.2, 0.25) is 0 Å². The van der Waals surface area contributed by atoms with Gasteiger partial charge in [0.05, 0.1) is 0 Å². The number of ether oxygens (including phenoxy) is 1. The first kappa shape index (κ1) is 15.5. The zero-order valence-corrected chi connectivity index (χ0v) is 12.6. The molecule has 5 heteroatoms. The Labute approximate surface area is 124 Å². The number of hydrogen-bond acceptors (Lipinski definition) is 3. The summed E-state index contributed by atoms with van der Waals surface area (Å²) in [5.74, 6) is -1.30. The predicted molar refractivity (Wildman–Crippen MR) is 79.3 cm³/mol. The summed E-state index contributed by atoms with van der Waals surface area (Å²) in [4.78, 5) is 22.8. The van der Waals surface area contributed by atoms with Crippen LogP contribution < -0.4 is 5.32 Å². The average Bonchev–Trinajstić information content (AvgIpc) is 2.88. The lowest BCUT2D eigenvalue weighted by Gasteiger charge is -2.19. The lowest BCUT2D eigenvalue weighted by Crippen LogP contribution is -2.29. The number of carbonyl (C=O) groups is 2. The fourth-order valence-corrected chi connectivity index (χ4v) is 2.29. The van der Waals surface area contributed by atoms with Crippen LogP contribution in [0.2, 0.25) is 0 Å². The monoisotopic (exact) mass is 291 g/mol. The first-order valence-corrected chi connectivity index (χ1v) is 7.07. The summed E-state index contributed by atoms with van der Waals surface area (Å²) in [5.41, 5.74) is 1.94. The van der Waals surface area contributed by atoms with Gasteiger partial charge in [-0.1, -0.05) is 32.9 Å². The molecule has 21 heavy (non-hydrogen) atoms. The van der Waals surface area contributed by atoms with Crippen molar-refractivity contribution < 1.29 is 19.4 Å². The van der Waals surface area contributed by atoms with Crippen LogP contribution in [0, 0.1) is 0 Å². The van der Waals surface area contributed by atoms with Crippen molar-refractivity contribution in [3.05, 3.63) is 29.8 Å². The molecule has 0 unspecified atom stereocenters. The molecular weight excluding hydrogens is 270 g/mol. The molecule has 1 aliphatic rings. The molecule has 0 radical (unpaired) electrons. The van der Waals surface area contributed by atoms with Crippen molar-refractivity contribution in [2.45, 2.75) is 51.2 Å². The minimum Gasteiger partial charge on any atom is -0.479 e. The van der Waals surface area contributed by atoms with Crippen molar-refractivity contribution in [1.82, 2.24) is 0 Å². The number of carbonyl (C=O) groups excluding carboxylic acids is 1. The van der Waals surface area contributed by atoms with Gasteiger partial charge in [0.1, 0.15) is 6.10 Å². The maximum absolute atomic E-state index is 12.0. The van der Waals surface area contributed by atoms with Gasteiger partial charge in [-0.3, -0.25) is 4.79 Å². The minimum absolute atomic E-state index is 0.0613. The topological polar surface area (TPSA) is 75.6 Å². The van der Waals surface area contributed by atoms with E-state index in [0.717, 1.165) is 0 Å². The summed E-state index contributed by atoms with van der Waals surface area (Å²) in [7, 11) is 0. The quantitative estimate of drug-likeness (QED) is 0.897. The van der Waals surface area contributed by atoms with Crippen molar-refractivity contribution >= 4 is 17.6 Å². The summed E-state index contributed by atoms with van der Waals surface area (Å²) in [6.45, 7) is 6.37. The van der Waals surface area contributed by atoms with E-state index in [1.165, 1.54) is 5.56 Å². The van der Waals surface area contributed by atoms with Crippen LogP contribution >= 0.6 is 0 Å². The number of hydrogen-bond donors (Lipinski definition) is 2. The lowest BCUT2D eigenvalue weighted by molar-refractivity contribution is -0.150. The van der Waals surface area contributed by atoms with Crippen molar-refractivity contribution in [2.75, 3.05) is 5.32 Å². The normalized spacial score (nSPS) is 22.0. The molecule has 0 aliphatic carbocycles. The minimum atomic E-state index is -1.01. The number of rotatable bonds is 3. The fourth-order valence-electron chi connectivity index (χ4n) is 2.29. The molecule has 5 nitrogen and oxygen atoms in total. The van der Waals surface area contributed by atoms with Crippen molar-refractivity contribution in [3.8, 4) is 0 Å². The molecule has 1 aromatic rings. The predicted octanol–water partition coefficient (Wildman–Crippen LogP) is 2.55. The molecule has 2 rings (SSSR count). The van der Waals surface area contributed by atoms with E-state index < -0.39 is 18.2 Å². The third kappa shape index (κ3) is 3.82. The second kappa shape index (κ2) is 5.85. The molecule has 114 valence electrons. The molecule has 1 amide bonds. The Morgan fingerprint density at radius 3 is 2.19 bits per heavy atom. The third-order valence-electron chi connectivity index (χ3n) is 3.61. The fraction of sp³-hybridized carbons (Fsp3) is 0.500. The van der Waals surface area contributed by atoms with Crippen LogP contribution in [0.15, 0.2) is 24.3 Å². The Morgan fingerprint density at radius 2 is 1.71 bits per heavy atom. The molecule has 0 bridgehead atoms. The number of amides is 1. The highest BCUT2D eigenvalue weighted by Crippen LogP contribution is 2.25. The summed E-state index contributed by atoms with van der Waals surface area (Å²) in [5, 5.41) is 11.6. The number of carboxylic acid groups (broad SMARTS) is 1. The standard InChI is InChI=1S/C16H21NO4/c1-16(2,3)10-4-6-11(7-5-10)17-14(18)12-8-9-13(21-12)15(19)20/h4-7,12-13H,8-9H2,1-3H3,(H,17,18)(H,19,20)/t12-,13+/m0/s1. The van der Waals surface area contributed by atoms with Crippen LogP contribution in [-0.2, 0) is 19.7 Å². The zero-order valence-electron chi connectivity index (χ0n) is 12.6. The summed E-state index contributed by atoms with van der Waals surface area (Å²) in [6, 6.07) is 7.65. The largest absolute Gasteiger partial charge is 0.479 e. The maximum atomic E-state index is 12.0. The van der Waals surface area contributed by atoms with Crippen molar-refractivity contribution in [2.24, 2.45) is 0 Å². The second-order valence-corrected chi connectivity index (χ2v) is 6.35. The van der Waals surface area contributed by atoms with Gasteiger partial charge < -0.3 is 15.2 Å². The Kier molecular flexibility index (Phi) is 4.32. The van der Waals surface area contributed by atoms with E-state index >= 15 is 0 Å². The average molecular weight is 291 g/mol. The third-order valence-corrected chi connectivity index (χ3v) is 3.61. The first-order chi connectivity index (χ1) is 9.77. The van der Waals surface area contributed by atoms with Gasteiger partial charge in [-0.05, 0) is 36.0 Å². The highest BCUT2D eigenvalue weighted by Gasteiger charge is 2.34. The van der Waals surface area contributed by atoms with E-state index in [1.54, 1.807) is 0 Å². The molecule has 2 atom stereocenters. The molecule has 0 saturated carbocycles. The molecule has 0 aromatic heterocycles. The van der Waals surface area contributed by atoms with Gasteiger partial charge in [0.15, 0.2) is 6.10 Å². The number of nitrogens with one attached hydrogen (secondary N) is 1. The van der Waals surface area contributed by atoms with Gasteiger partial charge in [0.25, 0.3) is 5.91 Å². The van der Waals surface area contributed by atoms with E-state index in [9.17, 15) is 9.59 Å². The lowest BCUT2D eigenvalue weighted by atomic mass is 9.87. The number of anilines is 1. The van der Waals surface area contributed by atoms with Crippen LogP contribution in [0.5, 0.6) is 0 Å². The molecule has 2 N–H and O–H groups in total. The van der Waals surface area contributed by atoms with Gasteiger partial charge >= 0.3 is 5.97 Å². The van der Waals surface area contributed by atoms with Crippen LogP contribution in [0.25, 0.3) is 0 Å². The second-order valence-electron chi connectivity index (χ2n) is 6.35. The number of aliphatic carboxylic acids is 1.